The summed E-state index contributed by atoms with van der Waals surface area (Å²) in [4.78, 5) is 13.9. The molecule has 0 N–H and O–H groups in total. The molecule has 0 radical (unpaired) electrons. The number of fused-ring (bicyclic) bond motifs is 1. The van der Waals surface area contributed by atoms with Crippen LogP contribution >= 0.6 is 0 Å². The van der Waals surface area contributed by atoms with Crippen molar-refractivity contribution in [3.8, 4) is 0 Å². The minimum absolute atomic E-state index is 0.0417. The Morgan fingerprint density at radius 1 is 1.00 bits per heavy atom. The topological polar surface area (TPSA) is 66.8 Å². The van der Waals surface area contributed by atoms with E-state index in [0.29, 0.717) is 11.3 Å². The maximum atomic E-state index is 12.2. The monoisotopic (exact) mass is 300 g/mol. The largest absolute Gasteiger partial charge is 0.323 e. The Morgan fingerprint density at radius 2 is 1.67 bits per heavy atom. The first-order valence-electron chi connectivity index (χ1n) is 6.32. The van der Waals surface area contributed by atoms with Crippen molar-refractivity contribution in [2.24, 2.45) is 4.40 Å². The van der Waals surface area contributed by atoms with Crippen molar-refractivity contribution in [2.45, 2.75) is 4.90 Å². The number of rotatable bonds is 3. The summed E-state index contributed by atoms with van der Waals surface area (Å²) < 4.78 is 27.3. The second-order valence-corrected chi connectivity index (χ2v) is 6.18. The molecule has 5 nitrogen and oxygen atoms in total. The van der Waals surface area contributed by atoms with Gasteiger partial charge in [0.2, 0.25) is 0 Å². The minimum Gasteiger partial charge on any atom is -0.323 e. The van der Waals surface area contributed by atoms with E-state index in [4.69, 9.17) is 0 Å². The zero-order chi connectivity index (χ0) is 14.9. The average Bonchev–Trinajstić information content (AvgIpc) is 2.51. The number of carbonyl (C=O) groups excluding carboxylic acids is 1. The highest BCUT2D eigenvalue weighted by Gasteiger charge is 2.25. The number of hydrogen-bond donors (Lipinski definition) is 0. The molecule has 1 heterocycles. The van der Waals surface area contributed by atoms with Gasteiger partial charge in [-0.2, -0.15) is 8.42 Å². The first kappa shape index (κ1) is 13.5. The number of carbonyl (C=O) groups is 1. The van der Waals surface area contributed by atoms with Crippen LogP contribution in [0.15, 0.2) is 63.9 Å². The summed E-state index contributed by atoms with van der Waals surface area (Å²) in [5, 5.41) is 0. The predicted molar refractivity (Wildman–Crippen MR) is 80.2 cm³/mol. The molecule has 6 heteroatoms. The van der Waals surface area contributed by atoms with Gasteiger partial charge in [0.05, 0.1) is 12.2 Å². The van der Waals surface area contributed by atoms with Crippen molar-refractivity contribution in [1.82, 2.24) is 0 Å². The summed E-state index contributed by atoms with van der Waals surface area (Å²) in [5.41, 5.74) is 1.05. The zero-order valence-corrected chi connectivity index (χ0v) is 11.8. The van der Waals surface area contributed by atoms with Gasteiger partial charge in [-0.3, -0.25) is 4.79 Å². The van der Waals surface area contributed by atoms with Gasteiger partial charge in [0.15, 0.2) is 5.78 Å². The molecular formula is C15H12N2O3S. The van der Waals surface area contributed by atoms with Crippen molar-refractivity contribution in [2.75, 3.05) is 11.4 Å². The quantitative estimate of drug-likeness (QED) is 0.814. The highest BCUT2D eigenvalue weighted by Crippen LogP contribution is 2.29. The number of para-hydroxylation sites is 1. The molecule has 0 aliphatic carbocycles. The van der Waals surface area contributed by atoms with E-state index >= 15 is 0 Å². The molecular weight excluding hydrogens is 288 g/mol. The molecule has 3 rings (SSSR count). The number of Topliss-reactive ketones (excluding diaryl/α,β-unsaturated/α-hetero) is 1. The Kier molecular flexibility index (Phi) is 3.31. The van der Waals surface area contributed by atoms with Crippen LogP contribution in [-0.2, 0) is 10.0 Å². The molecule has 0 atom stereocenters. The van der Waals surface area contributed by atoms with E-state index in [1.165, 1.54) is 12.4 Å². The number of hydrogen-bond acceptors (Lipinski definition) is 4. The second kappa shape index (κ2) is 5.14. The molecule has 21 heavy (non-hydrogen) atoms. The fraction of sp³-hybridized carbons (Fsp3) is 0.0667. The summed E-state index contributed by atoms with van der Waals surface area (Å²) >= 11 is 0. The van der Waals surface area contributed by atoms with Crippen molar-refractivity contribution < 1.29 is 13.2 Å². The van der Waals surface area contributed by atoms with Crippen LogP contribution in [0.25, 0.3) is 0 Å². The van der Waals surface area contributed by atoms with Gasteiger partial charge in [-0.05, 0) is 12.1 Å². The second-order valence-electron chi connectivity index (χ2n) is 4.58. The van der Waals surface area contributed by atoms with Crippen LogP contribution in [0.5, 0.6) is 0 Å². The van der Waals surface area contributed by atoms with Gasteiger partial charge >= 0.3 is 0 Å². The van der Waals surface area contributed by atoms with Gasteiger partial charge in [-0.1, -0.05) is 42.5 Å². The van der Waals surface area contributed by atoms with Crippen LogP contribution in [-0.4, -0.2) is 27.1 Å². The van der Waals surface area contributed by atoms with Crippen molar-refractivity contribution >= 4 is 27.8 Å². The fourth-order valence-electron chi connectivity index (χ4n) is 2.15. The molecule has 0 amide bonds. The highest BCUT2D eigenvalue weighted by molar-refractivity contribution is 7.90. The van der Waals surface area contributed by atoms with Crippen molar-refractivity contribution in [3.05, 3.63) is 60.2 Å². The number of benzene rings is 2. The molecule has 0 spiro atoms. The molecule has 1 aliphatic heterocycles. The van der Waals surface area contributed by atoms with E-state index < -0.39 is 10.0 Å². The van der Waals surface area contributed by atoms with Crippen LogP contribution in [0, 0.1) is 0 Å². The highest BCUT2D eigenvalue weighted by atomic mass is 32.2. The number of anilines is 1. The lowest BCUT2D eigenvalue weighted by Crippen LogP contribution is -2.32. The molecule has 0 aromatic heterocycles. The molecule has 0 fully saturated rings. The smallest absolute Gasteiger partial charge is 0.285 e. The molecule has 1 aliphatic rings. The summed E-state index contributed by atoms with van der Waals surface area (Å²) in [5.74, 6) is -0.101. The Morgan fingerprint density at radius 3 is 2.43 bits per heavy atom. The molecule has 0 saturated heterocycles. The predicted octanol–water partition coefficient (Wildman–Crippen LogP) is 2.11. The van der Waals surface area contributed by atoms with Crippen molar-refractivity contribution in [3.63, 3.8) is 0 Å². The number of nitrogens with zero attached hydrogens (tertiary/aromatic N) is 2. The average molecular weight is 300 g/mol. The number of ketones is 1. The molecule has 2 aromatic rings. The van der Waals surface area contributed by atoms with E-state index in [1.54, 1.807) is 47.4 Å². The van der Waals surface area contributed by atoms with Crippen LogP contribution in [0.1, 0.15) is 10.4 Å². The van der Waals surface area contributed by atoms with E-state index in [1.807, 2.05) is 6.07 Å². The van der Waals surface area contributed by atoms with Crippen LogP contribution < -0.4 is 4.90 Å². The summed E-state index contributed by atoms with van der Waals surface area (Å²) in [6.07, 6.45) is 1.19. The lowest BCUT2D eigenvalue weighted by Gasteiger charge is -2.24. The van der Waals surface area contributed by atoms with Crippen molar-refractivity contribution in [1.29, 1.82) is 0 Å². The Bertz CT molecular complexity index is 814. The normalized spacial score (nSPS) is 15.5. The molecule has 106 valence electrons. The standard InChI is InChI=1S/C15H12N2O3S/c18-14(12-6-2-1-3-7-12)10-17-11-16-21(19,20)15-9-5-4-8-13(15)17/h1-9,11H,10H2. The Hall–Kier alpha value is -2.47. The maximum Gasteiger partial charge on any atom is 0.285 e. The Labute approximate surface area is 122 Å². The van der Waals surface area contributed by atoms with Gasteiger partial charge < -0.3 is 4.90 Å². The third-order valence-electron chi connectivity index (χ3n) is 3.19. The van der Waals surface area contributed by atoms with Gasteiger partial charge in [0.1, 0.15) is 11.2 Å². The number of sulfonamides is 1. The van der Waals surface area contributed by atoms with E-state index in [-0.39, 0.29) is 17.2 Å². The van der Waals surface area contributed by atoms with E-state index in [0.717, 1.165) is 0 Å². The van der Waals surface area contributed by atoms with Crippen LogP contribution in [0.3, 0.4) is 0 Å². The molecule has 0 bridgehead atoms. The molecule has 0 saturated carbocycles. The Balaban J connectivity index is 1.93. The third-order valence-corrected chi connectivity index (χ3v) is 4.46. The molecule has 2 aromatic carbocycles. The van der Waals surface area contributed by atoms with Gasteiger partial charge in [-0.25, -0.2) is 0 Å². The summed E-state index contributed by atoms with van der Waals surface area (Å²) in [6.45, 7) is 0.0417. The van der Waals surface area contributed by atoms with Gasteiger partial charge in [0, 0.05) is 5.56 Å². The summed E-state index contributed by atoms with van der Waals surface area (Å²) in [6, 6.07) is 15.4. The van der Waals surface area contributed by atoms with Crippen LogP contribution in [0.4, 0.5) is 5.69 Å². The minimum atomic E-state index is -3.66. The van der Waals surface area contributed by atoms with Crippen LogP contribution in [0.2, 0.25) is 0 Å². The lowest BCUT2D eigenvalue weighted by atomic mass is 10.1. The molecule has 0 unspecified atom stereocenters. The first-order valence-corrected chi connectivity index (χ1v) is 7.76. The summed E-state index contributed by atoms with van der Waals surface area (Å²) in [7, 11) is -3.66. The van der Waals surface area contributed by atoms with E-state index in [2.05, 4.69) is 4.40 Å². The lowest BCUT2D eigenvalue weighted by molar-refractivity contribution is 0.100. The zero-order valence-electron chi connectivity index (χ0n) is 11.0. The van der Waals surface area contributed by atoms with E-state index in [9.17, 15) is 13.2 Å². The fourth-order valence-corrected chi connectivity index (χ4v) is 3.20. The first-order chi connectivity index (χ1) is 10.1. The maximum absolute atomic E-state index is 12.2. The SMILES string of the molecule is O=C(CN1C=NS(=O)(=O)c2ccccc21)c1ccccc1. The third kappa shape index (κ3) is 2.57. The van der Waals surface area contributed by atoms with Gasteiger partial charge in [0.25, 0.3) is 10.0 Å². The van der Waals surface area contributed by atoms with Gasteiger partial charge in [-0.15, -0.1) is 4.40 Å².